The molecule has 6 nitrogen and oxygen atoms in total. The molecule has 1 atom stereocenters. The Morgan fingerprint density at radius 3 is 2.20 bits per heavy atom. The largest absolute Gasteiger partial charge is 0.480 e. The van der Waals surface area contributed by atoms with Crippen molar-refractivity contribution in [1.82, 2.24) is 9.71 Å². The van der Waals surface area contributed by atoms with Gasteiger partial charge in [-0.3, -0.25) is 4.79 Å². The van der Waals surface area contributed by atoms with Crippen LogP contribution in [0, 0.1) is 0 Å². The van der Waals surface area contributed by atoms with E-state index >= 15 is 0 Å². The van der Waals surface area contributed by atoms with Gasteiger partial charge in [-0.15, -0.1) is 0 Å². The van der Waals surface area contributed by atoms with Crippen LogP contribution < -0.4 is 4.72 Å². The number of carbonyl (C=O) groups is 1. The summed E-state index contributed by atoms with van der Waals surface area (Å²) in [6, 6.07) is 24.0. The van der Waals surface area contributed by atoms with Crippen molar-refractivity contribution >= 4 is 26.9 Å². The second-order valence-electron chi connectivity index (χ2n) is 6.99. The molecule has 4 aromatic rings. The quantitative estimate of drug-likeness (QED) is 0.423. The molecule has 152 valence electrons. The predicted octanol–water partition coefficient (Wildman–Crippen LogP) is 3.81. The summed E-state index contributed by atoms with van der Waals surface area (Å²) in [4.78, 5) is 14.9. The first-order chi connectivity index (χ1) is 14.4. The van der Waals surface area contributed by atoms with Crippen molar-refractivity contribution in [3.05, 3.63) is 90.6 Å². The van der Waals surface area contributed by atoms with Crippen LogP contribution in [0.15, 0.2) is 89.8 Å². The molecule has 0 fully saturated rings. The molecule has 0 amide bonds. The Hall–Kier alpha value is -3.42. The van der Waals surface area contributed by atoms with Gasteiger partial charge in [0, 0.05) is 17.6 Å². The summed E-state index contributed by atoms with van der Waals surface area (Å²) in [5.74, 6) is -1.24. The lowest BCUT2D eigenvalue weighted by Crippen LogP contribution is -2.42. The monoisotopic (exact) mass is 420 g/mol. The van der Waals surface area contributed by atoms with Gasteiger partial charge in [0.15, 0.2) is 0 Å². The highest BCUT2D eigenvalue weighted by atomic mass is 32.2. The number of carboxylic acid groups (broad SMARTS) is 1. The zero-order valence-corrected chi connectivity index (χ0v) is 16.8. The van der Waals surface area contributed by atoms with Gasteiger partial charge in [0.05, 0.1) is 4.90 Å². The fraction of sp³-hybridized carbons (Fsp3) is 0.0870. The molecule has 3 N–H and O–H groups in total. The minimum Gasteiger partial charge on any atom is -0.480 e. The molecular weight excluding hydrogens is 400 g/mol. The van der Waals surface area contributed by atoms with E-state index in [1.54, 1.807) is 12.1 Å². The van der Waals surface area contributed by atoms with Crippen LogP contribution in [0.3, 0.4) is 0 Å². The highest BCUT2D eigenvalue weighted by Gasteiger charge is 2.26. The number of para-hydroxylation sites is 1. The Balaban J connectivity index is 1.54. The smallest absolute Gasteiger partial charge is 0.322 e. The Bertz CT molecular complexity index is 1250. The normalized spacial score (nSPS) is 12.7. The number of fused-ring (bicyclic) bond motifs is 1. The first-order valence-corrected chi connectivity index (χ1v) is 10.9. The van der Waals surface area contributed by atoms with Crippen LogP contribution in [0.2, 0.25) is 0 Å². The minimum absolute atomic E-state index is 0.00530. The van der Waals surface area contributed by atoms with Gasteiger partial charge < -0.3 is 10.1 Å². The second-order valence-corrected chi connectivity index (χ2v) is 8.70. The number of sulfonamides is 1. The fourth-order valence-corrected chi connectivity index (χ4v) is 4.54. The second kappa shape index (κ2) is 8.14. The van der Waals surface area contributed by atoms with Crippen molar-refractivity contribution in [2.45, 2.75) is 17.4 Å². The van der Waals surface area contributed by atoms with Crippen molar-refractivity contribution in [1.29, 1.82) is 0 Å². The Kier molecular flexibility index (Phi) is 5.39. The summed E-state index contributed by atoms with van der Waals surface area (Å²) in [5, 5.41) is 10.5. The molecule has 1 heterocycles. The lowest BCUT2D eigenvalue weighted by molar-refractivity contribution is -0.138. The van der Waals surface area contributed by atoms with Gasteiger partial charge in [0.2, 0.25) is 10.0 Å². The molecule has 0 unspecified atom stereocenters. The third-order valence-electron chi connectivity index (χ3n) is 4.88. The standard InChI is InChI=1S/C23H20N2O4S/c26-23(27)22(15-19-14-18-8-4-5-9-21(18)24-19)25-30(28,29)20-12-10-17(11-13-20)16-6-2-1-3-7-16/h1-14,22,24-25H,15H2,(H,26,27)/t22-/m1/s1. The van der Waals surface area contributed by atoms with E-state index in [-0.39, 0.29) is 11.3 Å². The van der Waals surface area contributed by atoms with Crippen LogP contribution in [-0.4, -0.2) is 30.5 Å². The van der Waals surface area contributed by atoms with Gasteiger partial charge in [-0.25, -0.2) is 8.42 Å². The molecule has 0 saturated heterocycles. The van der Waals surface area contributed by atoms with Crippen LogP contribution in [0.5, 0.6) is 0 Å². The molecule has 0 aliphatic heterocycles. The van der Waals surface area contributed by atoms with Crippen molar-refractivity contribution in [3.8, 4) is 11.1 Å². The summed E-state index contributed by atoms with van der Waals surface area (Å²) in [5.41, 5.74) is 3.36. The number of aliphatic carboxylic acids is 1. The van der Waals surface area contributed by atoms with Gasteiger partial charge >= 0.3 is 5.97 Å². The molecule has 0 saturated carbocycles. The maximum atomic E-state index is 12.8. The number of hydrogen-bond donors (Lipinski definition) is 3. The maximum Gasteiger partial charge on any atom is 0.322 e. The topological polar surface area (TPSA) is 99.3 Å². The molecule has 0 radical (unpaired) electrons. The van der Waals surface area contributed by atoms with E-state index in [4.69, 9.17) is 0 Å². The SMILES string of the molecule is O=C(O)[C@@H](Cc1cc2ccccc2[nH]1)NS(=O)(=O)c1ccc(-c2ccccc2)cc1. The summed E-state index contributed by atoms with van der Waals surface area (Å²) in [6.07, 6.45) is 0.00530. The Morgan fingerprint density at radius 1 is 0.900 bits per heavy atom. The number of hydrogen-bond acceptors (Lipinski definition) is 3. The lowest BCUT2D eigenvalue weighted by atomic mass is 10.1. The van der Waals surface area contributed by atoms with Crippen molar-refractivity contribution in [2.75, 3.05) is 0 Å². The van der Waals surface area contributed by atoms with E-state index in [1.165, 1.54) is 12.1 Å². The molecule has 3 aromatic carbocycles. The van der Waals surface area contributed by atoms with E-state index in [0.29, 0.717) is 5.69 Å². The molecule has 0 bridgehead atoms. The lowest BCUT2D eigenvalue weighted by Gasteiger charge is -2.14. The maximum absolute atomic E-state index is 12.8. The van der Waals surface area contributed by atoms with Crippen LogP contribution in [0.1, 0.15) is 5.69 Å². The van der Waals surface area contributed by atoms with Gasteiger partial charge in [-0.2, -0.15) is 4.72 Å². The van der Waals surface area contributed by atoms with Gasteiger partial charge in [-0.05, 0) is 40.8 Å². The first-order valence-electron chi connectivity index (χ1n) is 9.40. The van der Waals surface area contributed by atoms with Gasteiger partial charge in [-0.1, -0.05) is 60.7 Å². The zero-order chi connectivity index (χ0) is 21.1. The fourth-order valence-electron chi connectivity index (χ4n) is 3.36. The molecule has 0 aliphatic carbocycles. The number of aromatic amines is 1. The first kappa shape index (κ1) is 19.9. The van der Waals surface area contributed by atoms with Gasteiger partial charge in [0.1, 0.15) is 6.04 Å². The molecule has 7 heteroatoms. The van der Waals surface area contributed by atoms with Crippen molar-refractivity contribution < 1.29 is 18.3 Å². The summed E-state index contributed by atoms with van der Waals surface area (Å²) < 4.78 is 27.9. The van der Waals surface area contributed by atoms with E-state index in [0.717, 1.165) is 22.0 Å². The molecule has 30 heavy (non-hydrogen) atoms. The number of rotatable bonds is 7. The molecule has 0 spiro atoms. The third-order valence-corrected chi connectivity index (χ3v) is 6.36. The van der Waals surface area contributed by atoms with E-state index in [2.05, 4.69) is 9.71 Å². The highest BCUT2D eigenvalue weighted by molar-refractivity contribution is 7.89. The van der Waals surface area contributed by atoms with Crippen LogP contribution in [0.4, 0.5) is 0 Å². The number of H-pyrrole nitrogens is 1. The van der Waals surface area contributed by atoms with Crippen LogP contribution in [-0.2, 0) is 21.2 Å². The molecule has 0 aliphatic rings. The average Bonchev–Trinajstić information content (AvgIpc) is 3.16. The van der Waals surface area contributed by atoms with Crippen molar-refractivity contribution in [2.24, 2.45) is 0 Å². The van der Waals surface area contributed by atoms with Crippen molar-refractivity contribution in [3.63, 3.8) is 0 Å². The highest BCUT2D eigenvalue weighted by Crippen LogP contribution is 2.21. The Morgan fingerprint density at radius 2 is 1.53 bits per heavy atom. The molecule has 4 rings (SSSR count). The molecular formula is C23H20N2O4S. The third kappa shape index (κ3) is 4.27. The van der Waals surface area contributed by atoms with Crippen LogP contribution in [0.25, 0.3) is 22.0 Å². The number of carboxylic acids is 1. The summed E-state index contributed by atoms with van der Waals surface area (Å²) in [7, 11) is -4.00. The predicted molar refractivity (Wildman–Crippen MR) is 116 cm³/mol. The van der Waals surface area contributed by atoms with E-state index in [1.807, 2.05) is 60.7 Å². The van der Waals surface area contributed by atoms with Crippen LogP contribution >= 0.6 is 0 Å². The van der Waals surface area contributed by atoms with Gasteiger partial charge in [0.25, 0.3) is 0 Å². The molecule has 1 aromatic heterocycles. The van der Waals surface area contributed by atoms with E-state index in [9.17, 15) is 18.3 Å². The van der Waals surface area contributed by atoms with E-state index < -0.39 is 22.0 Å². The number of nitrogens with one attached hydrogen (secondary N) is 2. The number of benzene rings is 3. The average molecular weight is 420 g/mol. The minimum atomic E-state index is -4.00. The summed E-state index contributed by atoms with van der Waals surface area (Å²) in [6.45, 7) is 0. The number of aromatic nitrogens is 1. The Labute approximate surface area is 174 Å². The summed E-state index contributed by atoms with van der Waals surface area (Å²) >= 11 is 0. The zero-order valence-electron chi connectivity index (χ0n) is 15.9.